The Morgan fingerprint density at radius 3 is 2.80 bits per heavy atom. The zero-order chi connectivity index (χ0) is 14.6. The molecule has 1 unspecified atom stereocenters. The lowest BCUT2D eigenvalue weighted by Gasteiger charge is -2.22. The van der Waals surface area contributed by atoms with Gasteiger partial charge in [0.15, 0.2) is 0 Å². The number of thiophene rings is 1. The van der Waals surface area contributed by atoms with Crippen molar-refractivity contribution in [2.75, 3.05) is 11.9 Å². The number of benzene rings is 1. The molecular formula is C15H18N2O2S. The zero-order valence-corrected chi connectivity index (χ0v) is 12.3. The van der Waals surface area contributed by atoms with Crippen molar-refractivity contribution in [1.29, 1.82) is 0 Å². The fraction of sp³-hybridized carbons (Fsp3) is 0.267. The van der Waals surface area contributed by atoms with E-state index in [0.29, 0.717) is 0 Å². The van der Waals surface area contributed by atoms with E-state index in [1.54, 1.807) is 6.92 Å². The Hall–Kier alpha value is -1.85. The average Bonchev–Trinajstić information content (AvgIpc) is 2.91. The van der Waals surface area contributed by atoms with Crippen LogP contribution in [-0.2, 0) is 5.60 Å². The number of hydrogen-bond acceptors (Lipinski definition) is 3. The monoisotopic (exact) mass is 290 g/mol. The molecule has 3 N–H and O–H groups in total. The summed E-state index contributed by atoms with van der Waals surface area (Å²) in [6.45, 7) is 3.81. The summed E-state index contributed by atoms with van der Waals surface area (Å²) in [4.78, 5) is 12.6. The summed E-state index contributed by atoms with van der Waals surface area (Å²) in [5, 5.41) is 17.6. The van der Waals surface area contributed by atoms with Crippen molar-refractivity contribution < 1.29 is 9.90 Å². The molecular weight excluding hydrogens is 272 g/mol. The molecule has 0 fully saturated rings. The second-order valence-electron chi connectivity index (χ2n) is 4.93. The average molecular weight is 290 g/mol. The lowest BCUT2D eigenvalue weighted by molar-refractivity contribution is 0.0637. The summed E-state index contributed by atoms with van der Waals surface area (Å²) in [5.41, 5.74) is 0.754. The molecule has 0 spiro atoms. The van der Waals surface area contributed by atoms with E-state index in [2.05, 4.69) is 10.6 Å². The second-order valence-corrected chi connectivity index (χ2v) is 5.88. The van der Waals surface area contributed by atoms with Crippen LogP contribution in [0.25, 0.3) is 0 Å². The van der Waals surface area contributed by atoms with Crippen LogP contribution in [0.4, 0.5) is 10.5 Å². The third-order valence-corrected chi connectivity index (χ3v) is 4.04. The van der Waals surface area contributed by atoms with Gasteiger partial charge in [0.1, 0.15) is 5.60 Å². The molecule has 0 radical (unpaired) electrons. The quantitative estimate of drug-likeness (QED) is 0.810. The van der Waals surface area contributed by atoms with Crippen LogP contribution in [0.2, 0.25) is 0 Å². The summed E-state index contributed by atoms with van der Waals surface area (Å²) < 4.78 is 0. The third kappa shape index (κ3) is 3.82. The fourth-order valence-corrected chi connectivity index (χ4v) is 2.61. The number of amides is 2. The number of carbonyl (C=O) groups excluding carboxylic acids is 1. The zero-order valence-electron chi connectivity index (χ0n) is 11.5. The van der Waals surface area contributed by atoms with Crippen LogP contribution in [0.1, 0.15) is 17.4 Å². The van der Waals surface area contributed by atoms with Crippen molar-refractivity contribution in [2.24, 2.45) is 0 Å². The number of carbonyl (C=O) groups is 1. The molecule has 106 valence electrons. The van der Waals surface area contributed by atoms with Crippen LogP contribution in [0, 0.1) is 6.92 Å². The van der Waals surface area contributed by atoms with E-state index in [9.17, 15) is 9.90 Å². The van der Waals surface area contributed by atoms with Crippen LogP contribution in [0.3, 0.4) is 0 Å². The van der Waals surface area contributed by atoms with E-state index < -0.39 is 5.60 Å². The summed E-state index contributed by atoms with van der Waals surface area (Å²) in [6, 6.07) is 11.0. The maximum Gasteiger partial charge on any atom is 0.319 e. The minimum Gasteiger partial charge on any atom is -0.383 e. The highest BCUT2D eigenvalue weighted by Gasteiger charge is 2.24. The molecule has 2 rings (SSSR count). The molecule has 5 heteroatoms. The third-order valence-electron chi connectivity index (χ3n) is 2.92. The highest BCUT2D eigenvalue weighted by Crippen LogP contribution is 2.24. The topological polar surface area (TPSA) is 61.4 Å². The summed E-state index contributed by atoms with van der Waals surface area (Å²) >= 11 is 1.47. The van der Waals surface area contributed by atoms with Gasteiger partial charge in [0.25, 0.3) is 0 Å². The van der Waals surface area contributed by atoms with E-state index in [-0.39, 0.29) is 12.6 Å². The van der Waals surface area contributed by atoms with Crippen molar-refractivity contribution in [1.82, 2.24) is 5.32 Å². The van der Waals surface area contributed by atoms with Crippen molar-refractivity contribution in [3.63, 3.8) is 0 Å². The van der Waals surface area contributed by atoms with Gasteiger partial charge in [0, 0.05) is 10.6 Å². The van der Waals surface area contributed by atoms with Crippen molar-refractivity contribution in [2.45, 2.75) is 19.4 Å². The first kappa shape index (κ1) is 14.6. The van der Waals surface area contributed by atoms with Crippen LogP contribution in [0.5, 0.6) is 0 Å². The Morgan fingerprint density at radius 2 is 2.15 bits per heavy atom. The summed E-state index contributed by atoms with van der Waals surface area (Å²) in [5.74, 6) is 0. The first-order valence-electron chi connectivity index (χ1n) is 6.35. The molecule has 0 aliphatic rings. The van der Waals surface area contributed by atoms with Crippen LogP contribution in [-0.4, -0.2) is 17.7 Å². The molecule has 2 aromatic rings. The maximum absolute atomic E-state index is 11.8. The molecule has 1 heterocycles. The largest absolute Gasteiger partial charge is 0.383 e. The Kier molecular flexibility index (Phi) is 4.42. The molecule has 2 amide bonds. The lowest BCUT2D eigenvalue weighted by Crippen LogP contribution is -2.40. The Balaban J connectivity index is 1.89. The van der Waals surface area contributed by atoms with Gasteiger partial charge in [-0.15, -0.1) is 11.3 Å². The van der Waals surface area contributed by atoms with Crippen LogP contribution >= 0.6 is 11.3 Å². The van der Waals surface area contributed by atoms with Gasteiger partial charge in [-0.1, -0.05) is 18.2 Å². The number of aryl methyl sites for hydroxylation is 1. The normalized spacial score (nSPS) is 13.6. The minimum absolute atomic E-state index is 0.158. The Bertz CT molecular complexity index is 579. The first-order valence-corrected chi connectivity index (χ1v) is 7.23. The smallest absolute Gasteiger partial charge is 0.319 e. The standard InChI is InChI=1S/C15H18N2O2S/c1-11-5-3-6-12(9-11)17-14(18)16-10-15(2,19)13-7-4-8-20-13/h3-9,19H,10H2,1-2H3,(H2,16,17,18). The second kappa shape index (κ2) is 6.07. The molecule has 4 nitrogen and oxygen atoms in total. The number of urea groups is 1. The van der Waals surface area contributed by atoms with Gasteiger partial charge in [-0.3, -0.25) is 0 Å². The molecule has 0 saturated carbocycles. The molecule has 1 aromatic carbocycles. The molecule has 0 aliphatic carbocycles. The Labute approximate surface area is 122 Å². The predicted molar refractivity (Wildman–Crippen MR) is 82.1 cm³/mol. The van der Waals surface area contributed by atoms with Gasteiger partial charge in [-0.25, -0.2) is 4.79 Å². The van der Waals surface area contributed by atoms with E-state index in [1.165, 1.54) is 11.3 Å². The maximum atomic E-state index is 11.8. The molecule has 0 bridgehead atoms. The number of rotatable bonds is 4. The SMILES string of the molecule is Cc1cccc(NC(=O)NCC(C)(O)c2cccs2)c1. The van der Waals surface area contributed by atoms with Crippen LogP contribution < -0.4 is 10.6 Å². The van der Waals surface area contributed by atoms with Crippen molar-refractivity contribution in [3.05, 3.63) is 52.2 Å². The first-order chi connectivity index (χ1) is 9.47. The summed E-state index contributed by atoms with van der Waals surface area (Å²) in [7, 11) is 0. The van der Waals surface area contributed by atoms with Gasteiger partial charge in [-0.05, 0) is 43.0 Å². The van der Waals surface area contributed by atoms with Gasteiger partial charge >= 0.3 is 6.03 Å². The molecule has 1 atom stereocenters. The van der Waals surface area contributed by atoms with Gasteiger partial charge < -0.3 is 15.7 Å². The molecule has 0 aliphatic heterocycles. The van der Waals surface area contributed by atoms with E-state index >= 15 is 0 Å². The number of aliphatic hydroxyl groups is 1. The number of hydrogen-bond donors (Lipinski definition) is 3. The fourth-order valence-electron chi connectivity index (χ4n) is 1.82. The lowest BCUT2D eigenvalue weighted by atomic mass is 10.1. The van der Waals surface area contributed by atoms with Gasteiger partial charge in [0.2, 0.25) is 0 Å². The predicted octanol–water partition coefficient (Wildman–Crippen LogP) is 3.09. The molecule has 1 aromatic heterocycles. The highest BCUT2D eigenvalue weighted by molar-refractivity contribution is 7.10. The van der Waals surface area contributed by atoms with Gasteiger partial charge in [-0.2, -0.15) is 0 Å². The van der Waals surface area contributed by atoms with E-state index in [0.717, 1.165) is 16.1 Å². The van der Waals surface area contributed by atoms with Crippen LogP contribution in [0.15, 0.2) is 41.8 Å². The number of nitrogens with one attached hydrogen (secondary N) is 2. The van der Waals surface area contributed by atoms with Crippen molar-refractivity contribution >= 4 is 23.1 Å². The summed E-state index contributed by atoms with van der Waals surface area (Å²) in [6.07, 6.45) is 0. The molecule has 20 heavy (non-hydrogen) atoms. The van der Waals surface area contributed by atoms with E-state index in [4.69, 9.17) is 0 Å². The van der Waals surface area contributed by atoms with E-state index in [1.807, 2.05) is 48.7 Å². The number of anilines is 1. The van der Waals surface area contributed by atoms with Crippen molar-refractivity contribution in [3.8, 4) is 0 Å². The minimum atomic E-state index is -1.06. The van der Waals surface area contributed by atoms with Gasteiger partial charge in [0.05, 0.1) is 6.54 Å². The highest BCUT2D eigenvalue weighted by atomic mass is 32.1. The molecule has 0 saturated heterocycles. The Morgan fingerprint density at radius 1 is 1.35 bits per heavy atom.